The second kappa shape index (κ2) is 8.78. The molecule has 0 aliphatic carbocycles. The number of rotatable bonds is 6. The van der Waals surface area contributed by atoms with Crippen molar-refractivity contribution in [2.45, 2.75) is 24.0 Å². The zero-order valence-corrected chi connectivity index (χ0v) is 16.5. The molecule has 0 radical (unpaired) electrons. The smallest absolute Gasteiger partial charge is 0.242 e. The maximum absolute atomic E-state index is 13.1. The lowest BCUT2D eigenvalue weighted by Crippen LogP contribution is -2.19. The minimum absolute atomic E-state index is 0.0317. The first-order chi connectivity index (χ1) is 13.1. The Kier molecular flexibility index (Phi) is 6.20. The number of methoxy groups -OCH3 is 1. The highest BCUT2D eigenvalue weighted by Crippen LogP contribution is 2.37. The Labute approximate surface area is 164 Å². The van der Waals surface area contributed by atoms with Crippen molar-refractivity contribution in [3.05, 3.63) is 89.5 Å². The van der Waals surface area contributed by atoms with Crippen LogP contribution in [-0.2, 0) is 4.79 Å². The summed E-state index contributed by atoms with van der Waals surface area (Å²) in [5.41, 5.74) is 4.00. The SMILES string of the molecule is COc1ccc(S[C@@H](C(=O)Nc2cc(C)ccc2C)c2ccccc2)cc1. The lowest BCUT2D eigenvalue weighted by molar-refractivity contribution is -0.115. The Morgan fingerprint density at radius 2 is 1.67 bits per heavy atom. The first kappa shape index (κ1) is 19.1. The van der Waals surface area contributed by atoms with Crippen molar-refractivity contribution in [3.8, 4) is 5.75 Å². The van der Waals surface area contributed by atoms with Gasteiger partial charge in [-0.1, -0.05) is 42.5 Å². The number of carbonyl (C=O) groups excluding carboxylic acids is 1. The monoisotopic (exact) mass is 377 g/mol. The van der Waals surface area contributed by atoms with E-state index in [1.165, 1.54) is 11.8 Å². The molecule has 27 heavy (non-hydrogen) atoms. The topological polar surface area (TPSA) is 38.3 Å². The maximum Gasteiger partial charge on any atom is 0.242 e. The van der Waals surface area contributed by atoms with Crippen LogP contribution in [0.5, 0.6) is 5.75 Å². The minimum Gasteiger partial charge on any atom is -0.497 e. The van der Waals surface area contributed by atoms with E-state index in [0.717, 1.165) is 33.0 Å². The number of hydrogen-bond acceptors (Lipinski definition) is 3. The van der Waals surface area contributed by atoms with Crippen molar-refractivity contribution in [3.63, 3.8) is 0 Å². The molecule has 1 amide bonds. The van der Waals surface area contributed by atoms with E-state index < -0.39 is 0 Å². The van der Waals surface area contributed by atoms with E-state index >= 15 is 0 Å². The van der Waals surface area contributed by atoms with E-state index in [9.17, 15) is 4.79 Å². The molecule has 138 valence electrons. The van der Waals surface area contributed by atoms with Crippen LogP contribution in [0.25, 0.3) is 0 Å². The Hall–Kier alpha value is -2.72. The summed E-state index contributed by atoms with van der Waals surface area (Å²) in [6, 6.07) is 23.7. The number of benzene rings is 3. The van der Waals surface area contributed by atoms with Crippen molar-refractivity contribution in [2.75, 3.05) is 12.4 Å². The zero-order valence-electron chi connectivity index (χ0n) is 15.7. The Bertz CT molecular complexity index is 907. The van der Waals surface area contributed by atoms with Crippen LogP contribution in [0.4, 0.5) is 5.69 Å². The van der Waals surface area contributed by atoms with Gasteiger partial charge in [-0.05, 0) is 60.9 Å². The number of carbonyl (C=O) groups is 1. The van der Waals surface area contributed by atoms with Gasteiger partial charge < -0.3 is 10.1 Å². The Balaban J connectivity index is 1.87. The standard InChI is InChI=1S/C23H23NO2S/c1-16-9-10-17(2)21(15-16)24-23(25)22(18-7-5-4-6-8-18)27-20-13-11-19(26-3)12-14-20/h4-15,22H,1-3H3,(H,24,25)/t22-/m1/s1. The average Bonchev–Trinajstić information content (AvgIpc) is 2.70. The summed E-state index contributed by atoms with van der Waals surface area (Å²) in [7, 11) is 1.65. The number of ether oxygens (including phenoxy) is 1. The minimum atomic E-state index is -0.348. The lowest BCUT2D eigenvalue weighted by atomic mass is 10.1. The van der Waals surface area contributed by atoms with E-state index in [1.807, 2.05) is 86.6 Å². The molecule has 0 bridgehead atoms. The molecule has 0 spiro atoms. The third kappa shape index (κ3) is 4.92. The predicted octanol–water partition coefficient (Wildman–Crippen LogP) is 5.78. The van der Waals surface area contributed by atoms with Crippen molar-refractivity contribution in [2.24, 2.45) is 0 Å². The van der Waals surface area contributed by atoms with Crippen LogP contribution in [-0.4, -0.2) is 13.0 Å². The highest BCUT2D eigenvalue weighted by molar-refractivity contribution is 8.00. The van der Waals surface area contributed by atoms with Gasteiger partial charge in [0.2, 0.25) is 5.91 Å². The molecule has 0 unspecified atom stereocenters. The normalized spacial score (nSPS) is 11.7. The summed E-state index contributed by atoms with van der Waals surface area (Å²) in [4.78, 5) is 14.2. The molecule has 0 heterocycles. The van der Waals surface area contributed by atoms with Crippen molar-refractivity contribution < 1.29 is 9.53 Å². The van der Waals surface area contributed by atoms with E-state index in [1.54, 1.807) is 7.11 Å². The van der Waals surface area contributed by atoms with E-state index in [0.29, 0.717) is 0 Å². The van der Waals surface area contributed by atoms with E-state index in [4.69, 9.17) is 4.74 Å². The first-order valence-corrected chi connectivity index (χ1v) is 9.68. The van der Waals surface area contributed by atoms with Crippen molar-refractivity contribution in [1.82, 2.24) is 0 Å². The third-order valence-electron chi connectivity index (χ3n) is 4.30. The maximum atomic E-state index is 13.1. The summed E-state index contributed by atoms with van der Waals surface area (Å²) in [6.45, 7) is 4.03. The molecule has 0 saturated heterocycles. The molecule has 3 aromatic rings. The highest BCUT2D eigenvalue weighted by atomic mass is 32.2. The molecule has 0 saturated carbocycles. The Morgan fingerprint density at radius 3 is 2.33 bits per heavy atom. The summed E-state index contributed by atoms with van der Waals surface area (Å²) in [5, 5.41) is 2.76. The second-order valence-electron chi connectivity index (χ2n) is 6.39. The van der Waals surface area contributed by atoms with Crippen molar-refractivity contribution in [1.29, 1.82) is 0 Å². The van der Waals surface area contributed by atoms with Crippen LogP contribution >= 0.6 is 11.8 Å². The predicted molar refractivity (Wildman–Crippen MR) is 113 cm³/mol. The number of amides is 1. The molecule has 0 aromatic heterocycles. The largest absolute Gasteiger partial charge is 0.497 e. The lowest BCUT2D eigenvalue weighted by Gasteiger charge is -2.18. The number of nitrogens with one attached hydrogen (secondary N) is 1. The van der Waals surface area contributed by atoms with Crippen LogP contribution < -0.4 is 10.1 Å². The van der Waals surface area contributed by atoms with Crippen LogP contribution in [0.15, 0.2) is 77.7 Å². The van der Waals surface area contributed by atoms with Gasteiger partial charge in [0, 0.05) is 10.6 Å². The molecule has 4 heteroatoms. The molecular formula is C23H23NO2S. The fourth-order valence-corrected chi connectivity index (χ4v) is 3.78. The van der Waals surface area contributed by atoms with Gasteiger partial charge in [-0.2, -0.15) is 0 Å². The van der Waals surface area contributed by atoms with Gasteiger partial charge in [0.05, 0.1) is 7.11 Å². The molecule has 0 aliphatic heterocycles. The van der Waals surface area contributed by atoms with Gasteiger partial charge >= 0.3 is 0 Å². The van der Waals surface area contributed by atoms with Gasteiger partial charge in [0.25, 0.3) is 0 Å². The molecule has 3 nitrogen and oxygen atoms in total. The first-order valence-electron chi connectivity index (χ1n) is 8.80. The molecular weight excluding hydrogens is 354 g/mol. The molecule has 3 rings (SSSR count). The molecule has 1 atom stereocenters. The Morgan fingerprint density at radius 1 is 0.963 bits per heavy atom. The fourth-order valence-electron chi connectivity index (χ4n) is 2.76. The van der Waals surface area contributed by atoms with Crippen LogP contribution in [0.2, 0.25) is 0 Å². The quantitative estimate of drug-likeness (QED) is 0.553. The zero-order chi connectivity index (χ0) is 19.2. The number of aryl methyl sites for hydroxylation is 2. The van der Waals surface area contributed by atoms with Crippen LogP contribution in [0, 0.1) is 13.8 Å². The van der Waals surface area contributed by atoms with Crippen molar-refractivity contribution >= 4 is 23.4 Å². The summed E-state index contributed by atoms with van der Waals surface area (Å²) in [5.74, 6) is 0.770. The van der Waals surface area contributed by atoms with Gasteiger partial charge in [-0.15, -0.1) is 11.8 Å². The average molecular weight is 378 g/mol. The third-order valence-corrected chi connectivity index (χ3v) is 5.57. The van der Waals surface area contributed by atoms with E-state index in [2.05, 4.69) is 5.32 Å². The second-order valence-corrected chi connectivity index (χ2v) is 7.57. The van der Waals surface area contributed by atoms with Gasteiger partial charge in [-0.25, -0.2) is 0 Å². The van der Waals surface area contributed by atoms with Crippen LogP contribution in [0.1, 0.15) is 21.9 Å². The van der Waals surface area contributed by atoms with Gasteiger partial charge in [0.1, 0.15) is 11.0 Å². The molecule has 3 aromatic carbocycles. The fraction of sp³-hybridized carbons (Fsp3) is 0.174. The van der Waals surface area contributed by atoms with Gasteiger partial charge in [-0.3, -0.25) is 4.79 Å². The molecule has 0 fully saturated rings. The molecule has 0 aliphatic rings. The van der Waals surface area contributed by atoms with Crippen LogP contribution in [0.3, 0.4) is 0 Å². The summed E-state index contributed by atoms with van der Waals surface area (Å²) < 4.78 is 5.22. The van der Waals surface area contributed by atoms with Gasteiger partial charge in [0.15, 0.2) is 0 Å². The summed E-state index contributed by atoms with van der Waals surface area (Å²) in [6.07, 6.45) is 0. The van der Waals surface area contributed by atoms with E-state index in [-0.39, 0.29) is 11.2 Å². The number of anilines is 1. The number of thioether (sulfide) groups is 1. The highest BCUT2D eigenvalue weighted by Gasteiger charge is 2.22. The molecule has 1 N–H and O–H groups in total. The number of hydrogen-bond donors (Lipinski definition) is 1. The summed E-state index contributed by atoms with van der Waals surface area (Å²) >= 11 is 1.53.